The van der Waals surface area contributed by atoms with Crippen molar-refractivity contribution < 1.29 is 13.6 Å². The van der Waals surface area contributed by atoms with Crippen molar-refractivity contribution in [3.63, 3.8) is 0 Å². The quantitative estimate of drug-likeness (QED) is 0.833. The fraction of sp³-hybridized carbons (Fsp3) is 0.533. The summed E-state index contributed by atoms with van der Waals surface area (Å²) in [6, 6.07) is 3.82. The first-order valence-corrected chi connectivity index (χ1v) is 6.89. The maximum Gasteiger partial charge on any atom is 0.169 e. The van der Waals surface area contributed by atoms with Crippen molar-refractivity contribution in [2.45, 2.75) is 44.2 Å². The van der Waals surface area contributed by atoms with E-state index < -0.39 is 11.6 Å². The molecule has 2 aliphatic heterocycles. The van der Waals surface area contributed by atoms with Crippen LogP contribution in [0.2, 0.25) is 0 Å². The number of hydrogen-bond donors (Lipinski definition) is 1. The fourth-order valence-corrected chi connectivity index (χ4v) is 3.39. The molecule has 2 saturated heterocycles. The Labute approximate surface area is 111 Å². The highest BCUT2D eigenvalue weighted by Gasteiger charge is 2.35. The summed E-state index contributed by atoms with van der Waals surface area (Å²) in [5, 5.41) is 3.50. The lowest BCUT2D eigenvalue weighted by Crippen LogP contribution is -2.50. The Bertz CT molecular complexity index is 491. The third-order valence-corrected chi connectivity index (χ3v) is 4.28. The summed E-state index contributed by atoms with van der Waals surface area (Å²) in [6.45, 7) is 0. The molecule has 2 unspecified atom stereocenters. The van der Waals surface area contributed by atoms with Crippen molar-refractivity contribution in [3.05, 3.63) is 35.4 Å². The molecule has 0 amide bonds. The predicted octanol–water partition coefficient (Wildman–Crippen LogP) is 3.07. The monoisotopic (exact) mass is 265 g/mol. The van der Waals surface area contributed by atoms with Crippen LogP contribution in [-0.2, 0) is 0 Å². The van der Waals surface area contributed by atoms with Crippen molar-refractivity contribution in [1.82, 2.24) is 5.32 Å². The predicted molar refractivity (Wildman–Crippen MR) is 68.0 cm³/mol. The highest BCUT2D eigenvalue weighted by atomic mass is 19.1. The Kier molecular flexibility index (Phi) is 3.35. The first kappa shape index (κ1) is 12.7. The van der Waals surface area contributed by atoms with Crippen LogP contribution in [0.1, 0.15) is 42.5 Å². The van der Waals surface area contributed by atoms with Crippen molar-refractivity contribution in [3.8, 4) is 0 Å². The van der Waals surface area contributed by atoms with E-state index in [4.69, 9.17) is 0 Å². The second-order valence-corrected chi connectivity index (χ2v) is 5.65. The van der Waals surface area contributed by atoms with E-state index in [-0.39, 0.29) is 17.3 Å². The van der Waals surface area contributed by atoms with Crippen LogP contribution < -0.4 is 5.32 Å². The molecule has 102 valence electrons. The van der Waals surface area contributed by atoms with E-state index in [9.17, 15) is 13.6 Å². The summed E-state index contributed by atoms with van der Waals surface area (Å²) in [4.78, 5) is 12.4. The Morgan fingerprint density at radius 2 is 1.84 bits per heavy atom. The van der Waals surface area contributed by atoms with E-state index in [1.807, 2.05) is 0 Å². The Hall–Kier alpha value is -1.29. The van der Waals surface area contributed by atoms with Gasteiger partial charge < -0.3 is 5.32 Å². The van der Waals surface area contributed by atoms with Gasteiger partial charge in [0.25, 0.3) is 0 Å². The summed E-state index contributed by atoms with van der Waals surface area (Å²) in [7, 11) is 0. The Morgan fingerprint density at radius 1 is 1.16 bits per heavy atom. The Morgan fingerprint density at radius 3 is 2.53 bits per heavy atom. The second kappa shape index (κ2) is 5.00. The molecule has 2 aliphatic rings. The molecular formula is C15H17F2NO. The number of piperidine rings is 2. The largest absolute Gasteiger partial charge is 0.311 e. The molecule has 0 aromatic heterocycles. The van der Waals surface area contributed by atoms with Crippen LogP contribution in [0, 0.1) is 17.6 Å². The van der Waals surface area contributed by atoms with Gasteiger partial charge >= 0.3 is 0 Å². The van der Waals surface area contributed by atoms with Gasteiger partial charge in [0, 0.05) is 18.0 Å². The molecule has 1 aromatic rings. The summed E-state index contributed by atoms with van der Waals surface area (Å²) in [6.07, 6.45) is 4.83. The highest BCUT2D eigenvalue weighted by Crippen LogP contribution is 2.32. The topological polar surface area (TPSA) is 29.1 Å². The summed E-state index contributed by atoms with van der Waals surface area (Å²) < 4.78 is 26.8. The molecule has 0 radical (unpaired) electrons. The molecule has 2 fully saturated rings. The number of carbonyl (C=O) groups is 1. The van der Waals surface area contributed by atoms with Crippen LogP contribution >= 0.6 is 0 Å². The lowest BCUT2D eigenvalue weighted by molar-refractivity contribution is 0.0820. The van der Waals surface area contributed by atoms with Gasteiger partial charge in [-0.25, -0.2) is 8.78 Å². The molecule has 0 spiro atoms. The molecule has 3 rings (SSSR count). The van der Waals surface area contributed by atoms with Crippen molar-refractivity contribution in [2.75, 3.05) is 0 Å². The van der Waals surface area contributed by atoms with Crippen LogP contribution in [0.3, 0.4) is 0 Å². The molecule has 19 heavy (non-hydrogen) atoms. The first-order chi connectivity index (χ1) is 9.13. The first-order valence-electron chi connectivity index (χ1n) is 6.89. The number of hydrogen-bond acceptors (Lipinski definition) is 2. The minimum absolute atomic E-state index is 0.0926. The smallest absolute Gasteiger partial charge is 0.169 e. The van der Waals surface area contributed by atoms with Gasteiger partial charge in [0.05, 0.1) is 5.56 Å². The van der Waals surface area contributed by atoms with Gasteiger partial charge in [0.2, 0.25) is 0 Å². The lowest BCUT2D eigenvalue weighted by atomic mass is 9.77. The zero-order valence-corrected chi connectivity index (χ0v) is 10.7. The maximum absolute atomic E-state index is 13.7. The summed E-state index contributed by atoms with van der Waals surface area (Å²) >= 11 is 0. The molecule has 2 nitrogen and oxygen atoms in total. The van der Waals surface area contributed by atoms with Gasteiger partial charge in [-0.05, 0) is 43.9 Å². The van der Waals surface area contributed by atoms with Crippen molar-refractivity contribution in [1.29, 1.82) is 0 Å². The molecule has 4 heteroatoms. The number of Topliss-reactive ketones (excluding diaryl/α,β-unsaturated/α-hetero) is 1. The minimum Gasteiger partial charge on any atom is -0.311 e. The van der Waals surface area contributed by atoms with E-state index in [0.717, 1.165) is 43.9 Å². The molecule has 1 aromatic carbocycles. The zero-order chi connectivity index (χ0) is 13.4. The SMILES string of the molecule is O=C(c1cc(F)ccc1F)C1CC2CCCC(C1)N2. The average Bonchev–Trinajstić information content (AvgIpc) is 2.40. The number of ketones is 1. The summed E-state index contributed by atoms with van der Waals surface area (Å²) in [5.41, 5.74) is -0.0926. The van der Waals surface area contributed by atoms with Crippen LogP contribution in [0.5, 0.6) is 0 Å². The molecule has 2 heterocycles. The van der Waals surface area contributed by atoms with Crippen LogP contribution in [0.4, 0.5) is 8.78 Å². The summed E-state index contributed by atoms with van der Waals surface area (Å²) in [5.74, 6) is -1.59. The van der Waals surface area contributed by atoms with E-state index in [1.54, 1.807) is 0 Å². The fourth-order valence-electron chi connectivity index (χ4n) is 3.39. The van der Waals surface area contributed by atoms with E-state index >= 15 is 0 Å². The second-order valence-electron chi connectivity index (χ2n) is 5.65. The molecule has 0 saturated carbocycles. The number of fused-ring (bicyclic) bond motifs is 2. The van der Waals surface area contributed by atoms with E-state index in [1.165, 1.54) is 6.42 Å². The van der Waals surface area contributed by atoms with Crippen LogP contribution in [-0.4, -0.2) is 17.9 Å². The number of carbonyl (C=O) groups excluding carboxylic acids is 1. The van der Waals surface area contributed by atoms with Crippen LogP contribution in [0.25, 0.3) is 0 Å². The third kappa shape index (κ3) is 2.54. The van der Waals surface area contributed by atoms with Gasteiger partial charge in [-0.15, -0.1) is 0 Å². The van der Waals surface area contributed by atoms with Crippen molar-refractivity contribution >= 4 is 5.78 Å². The third-order valence-electron chi connectivity index (χ3n) is 4.28. The lowest BCUT2D eigenvalue weighted by Gasteiger charge is -2.39. The number of halogens is 2. The van der Waals surface area contributed by atoms with Gasteiger partial charge in [0.15, 0.2) is 5.78 Å². The maximum atomic E-state index is 13.7. The highest BCUT2D eigenvalue weighted by molar-refractivity contribution is 5.98. The van der Waals surface area contributed by atoms with Gasteiger partial charge in [-0.3, -0.25) is 4.79 Å². The molecular weight excluding hydrogens is 248 g/mol. The minimum atomic E-state index is -0.616. The molecule has 2 bridgehead atoms. The van der Waals surface area contributed by atoms with E-state index in [2.05, 4.69) is 5.32 Å². The van der Waals surface area contributed by atoms with Gasteiger partial charge in [-0.1, -0.05) is 6.42 Å². The van der Waals surface area contributed by atoms with Gasteiger partial charge in [0.1, 0.15) is 11.6 Å². The number of rotatable bonds is 2. The van der Waals surface area contributed by atoms with Crippen molar-refractivity contribution in [2.24, 2.45) is 5.92 Å². The van der Waals surface area contributed by atoms with Gasteiger partial charge in [-0.2, -0.15) is 0 Å². The normalized spacial score (nSPS) is 30.1. The Balaban J connectivity index is 1.82. The number of benzene rings is 1. The standard InChI is InChI=1S/C15H17F2NO/c16-10-4-5-14(17)13(8-10)15(19)9-6-11-2-1-3-12(7-9)18-11/h4-5,8-9,11-12,18H,1-3,6-7H2. The molecule has 0 aliphatic carbocycles. The average molecular weight is 265 g/mol. The van der Waals surface area contributed by atoms with Crippen LogP contribution in [0.15, 0.2) is 18.2 Å². The number of nitrogens with one attached hydrogen (secondary N) is 1. The molecule has 1 N–H and O–H groups in total. The zero-order valence-electron chi connectivity index (χ0n) is 10.7. The van der Waals surface area contributed by atoms with E-state index in [0.29, 0.717) is 12.1 Å². The molecule has 2 atom stereocenters.